The third kappa shape index (κ3) is 8.97. The fourth-order valence-electron chi connectivity index (χ4n) is 5.68. The summed E-state index contributed by atoms with van der Waals surface area (Å²) in [7, 11) is -1.90. The first kappa shape index (κ1) is 37.7. The number of carbonyl (C=O) groups excluding carboxylic acids is 2. The average Bonchev–Trinajstić information content (AvgIpc) is 3.91. The van der Waals surface area contributed by atoms with Crippen molar-refractivity contribution in [1.29, 1.82) is 0 Å². The van der Waals surface area contributed by atoms with E-state index < -0.39 is 14.4 Å². The van der Waals surface area contributed by atoms with Crippen molar-refractivity contribution in [2.24, 2.45) is 0 Å². The maximum absolute atomic E-state index is 12.3. The first-order valence-electron chi connectivity index (χ1n) is 17.7. The molecule has 17 heteroatoms. The van der Waals surface area contributed by atoms with E-state index in [-0.39, 0.29) is 64.1 Å². The molecule has 0 radical (unpaired) electrons. The molecule has 4 heterocycles. The summed E-state index contributed by atoms with van der Waals surface area (Å²) in [5.74, 6) is 2.30. The predicted molar refractivity (Wildman–Crippen MR) is 191 cm³/mol. The molecule has 53 heavy (non-hydrogen) atoms. The zero-order chi connectivity index (χ0) is 37.9. The van der Waals surface area contributed by atoms with Gasteiger partial charge >= 0.3 is 0 Å². The van der Waals surface area contributed by atoms with E-state index >= 15 is 0 Å². The van der Waals surface area contributed by atoms with Gasteiger partial charge in [0, 0.05) is 41.6 Å². The quantitative estimate of drug-likeness (QED) is 0.127. The number of nitrogens with one attached hydrogen (secondary N) is 2. The number of aliphatic hydroxyl groups is 1. The second-order valence-electron chi connectivity index (χ2n) is 15.2. The van der Waals surface area contributed by atoms with Crippen molar-refractivity contribution in [2.75, 3.05) is 0 Å². The van der Waals surface area contributed by atoms with Gasteiger partial charge in [-0.15, -0.1) is 0 Å². The summed E-state index contributed by atoms with van der Waals surface area (Å²) in [5.41, 5.74) is 1.41. The van der Waals surface area contributed by atoms with Crippen molar-refractivity contribution < 1.29 is 37.2 Å². The van der Waals surface area contributed by atoms with E-state index in [4.69, 9.17) is 18.0 Å². The molecule has 5 aromatic rings. The predicted octanol–water partition coefficient (Wildman–Crippen LogP) is 6.27. The van der Waals surface area contributed by atoms with Crippen LogP contribution in [0.5, 0.6) is 0 Å². The van der Waals surface area contributed by atoms with Crippen LogP contribution in [0.2, 0.25) is 18.1 Å². The van der Waals surface area contributed by atoms with E-state index in [2.05, 4.69) is 79.6 Å². The first-order chi connectivity index (χ1) is 25.2. The lowest BCUT2D eigenvalue weighted by atomic mass is 9.80. The Hall–Kier alpha value is -5.00. The number of amides is 2. The van der Waals surface area contributed by atoms with Gasteiger partial charge in [-0.3, -0.25) is 9.59 Å². The third-order valence-corrected chi connectivity index (χ3v) is 14.6. The van der Waals surface area contributed by atoms with Gasteiger partial charge in [-0.1, -0.05) is 71.7 Å². The molecule has 2 saturated carbocycles. The number of nitrogens with zero attached hydrogens (tertiary/aromatic N) is 6. The Morgan fingerprint density at radius 2 is 1.38 bits per heavy atom. The van der Waals surface area contributed by atoms with Crippen LogP contribution in [0.3, 0.4) is 0 Å². The summed E-state index contributed by atoms with van der Waals surface area (Å²) in [6, 6.07) is 12.8. The Labute approximate surface area is 307 Å². The second kappa shape index (κ2) is 15.5. The molecule has 2 amide bonds. The highest BCUT2D eigenvalue weighted by Gasteiger charge is 2.41. The van der Waals surface area contributed by atoms with Crippen molar-refractivity contribution in [3.05, 3.63) is 83.5 Å². The standard InChI is InChI=1S/C18H28N4O4Si.C18H18N4O4/c1-11(26-27(5,6)18(2,3)4)15-20-17(25-22-15)12-9-13(10-12)19-16(23)14-7-8-24-21-14;1-10(23)16-20-18(26-22-16)12-7-13(8-12)19-17(24)14-9-15(25-21-14)11-5-3-2-4-6-11/h7-8,11-13H,9-10H2,1-6H3,(H,19,23);2-6,9-10,12-13,23H,7-8H2,1H3,(H,19,24)/t;10-,12?,13?/m.1/s1. The molecule has 0 aliphatic heterocycles. The minimum absolute atomic E-state index is 0.0197. The molecule has 16 nitrogen and oxygen atoms in total. The number of aliphatic hydroxyl groups excluding tert-OH is 1. The van der Waals surface area contributed by atoms with E-state index in [0.29, 0.717) is 36.2 Å². The van der Waals surface area contributed by atoms with Crippen LogP contribution < -0.4 is 10.6 Å². The molecule has 4 aromatic heterocycles. The monoisotopic (exact) mass is 746 g/mol. The molecular formula is C36H46N8O8Si. The molecule has 1 unspecified atom stereocenters. The number of aromatic nitrogens is 6. The molecule has 2 aliphatic rings. The summed E-state index contributed by atoms with van der Waals surface area (Å²) in [6.07, 6.45) is 3.37. The maximum atomic E-state index is 12.3. The van der Waals surface area contributed by atoms with Gasteiger partial charge in [0.15, 0.2) is 37.1 Å². The zero-order valence-corrected chi connectivity index (χ0v) is 31.9. The third-order valence-electron chi connectivity index (χ3n) is 10.0. The Kier molecular flexibility index (Phi) is 11.1. The van der Waals surface area contributed by atoms with E-state index in [1.165, 1.54) is 6.26 Å². The van der Waals surface area contributed by atoms with Crippen LogP contribution in [-0.4, -0.2) is 67.9 Å². The highest BCUT2D eigenvalue weighted by atomic mass is 28.4. The van der Waals surface area contributed by atoms with Crippen LogP contribution in [0.4, 0.5) is 0 Å². The van der Waals surface area contributed by atoms with Crippen molar-refractivity contribution >= 4 is 20.1 Å². The van der Waals surface area contributed by atoms with Crippen LogP contribution in [0, 0.1) is 0 Å². The molecule has 282 valence electrons. The number of carbonyl (C=O) groups is 2. The van der Waals surface area contributed by atoms with Gasteiger partial charge in [0.1, 0.15) is 18.5 Å². The van der Waals surface area contributed by atoms with Crippen molar-refractivity contribution in [3.8, 4) is 11.3 Å². The lowest BCUT2D eigenvalue weighted by molar-refractivity contribution is 0.0884. The molecule has 2 atom stereocenters. The van der Waals surface area contributed by atoms with Gasteiger partial charge in [-0.05, 0) is 57.7 Å². The van der Waals surface area contributed by atoms with Crippen molar-refractivity contribution in [3.63, 3.8) is 0 Å². The van der Waals surface area contributed by atoms with E-state index in [1.807, 2.05) is 37.3 Å². The van der Waals surface area contributed by atoms with Gasteiger partial charge in [-0.2, -0.15) is 9.97 Å². The summed E-state index contributed by atoms with van der Waals surface area (Å²) < 4.78 is 26.9. The van der Waals surface area contributed by atoms with Crippen LogP contribution in [0.1, 0.15) is 129 Å². The number of hydrogen-bond donors (Lipinski definition) is 3. The van der Waals surface area contributed by atoms with Gasteiger partial charge in [-0.25, -0.2) is 0 Å². The summed E-state index contributed by atoms with van der Waals surface area (Å²) >= 11 is 0. The fourth-order valence-corrected chi connectivity index (χ4v) is 7.02. The molecular weight excluding hydrogens is 701 g/mol. The molecule has 3 N–H and O–H groups in total. The van der Waals surface area contributed by atoms with Gasteiger partial charge in [0.25, 0.3) is 11.8 Å². The Morgan fingerprint density at radius 3 is 1.91 bits per heavy atom. The molecule has 0 saturated heterocycles. The summed E-state index contributed by atoms with van der Waals surface area (Å²) in [5, 5.41) is 30.7. The second-order valence-corrected chi connectivity index (χ2v) is 19.9. The van der Waals surface area contributed by atoms with E-state index in [0.717, 1.165) is 18.4 Å². The minimum Gasteiger partial charge on any atom is -0.407 e. The SMILES string of the molecule is CC(O[Si](C)(C)C(C)(C)C)c1noc(C2CC(NC(=O)c3ccon3)C2)n1.C[C@@H](O)c1noc(C2CC(NC(=O)c3cc(-c4ccccc4)on3)C2)n1. The Morgan fingerprint density at radius 1 is 0.811 bits per heavy atom. The largest absolute Gasteiger partial charge is 0.407 e. The number of rotatable bonds is 11. The Bertz CT molecular complexity index is 1960. The summed E-state index contributed by atoms with van der Waals surface area (Å²) in [6.45, 7) is 14.6. The lowest BCUT2D eigenvalue weighted by Gasteiger charge is -2.37. The smallest absolute Gasteiger partial charge is 0.273 e. The average molecular weight is 747 g/mol. The van der Waals surface area contributed by atoms with Crippen LogP contribution in [0.15, 0.2) is 66.8 Å². The van der Waals surface area contributed by atoms with Crippen LogP contribution in [-0.2, 0) is 4.43 Å². The topological polar surface area (TPSA) is 218 Å². The maximum Gasteiger partial charge on any atom is 0.273 e. The number of benzene rings is 1. The summed E-state index contributed by atoms with van der Waals surface area (Å²) in [4.78, 5) is 33.0. The van der Waals surface area contributed by atoms with Crippen molar-refractivity contribution in [2.45, 2.75) is 115 Å². The highest BCUT2D eigenvalue weighted by molar-refractivity contribution is 6.74. The minimum atomic E-state index is -1.90. The van der Waals surface area contributed by atoms with E-state index in [1.54, 1.807) is 19.1 Å². The first-order valence-corrected chi connectivity index (χ1v) is 20.6. The Balaban J connectivity index is 0.000000181. The normalized spacial score (nSPS) is 21.0. The molecule has 2 aliphatic carbocycles. The van der Waals surface area contributed by atoms with E-state index in [9.17, 15) is 14.7 Å². The van der Waals surface area contributed by atoms with Crippen LogP contribution in [0.25, 0.3) is 11.3 Å². The van der Waals surface area contributed by atoms with Gasteiger partial charge < -0.3 is 38.3 Å². The van der Waals surface area contributed by atoms with Crippen molar-refractivity contribution in [1.82, 2.24) is 41.2 Å². The molecule has 0 bridgehead atoms. The molecule has 2 fully saturated rings. The number of hydrogen-bond acceptors (Lipinski definition) is 14. The fraction of sp³-hybridized carbons (Fsp3) is 0.500. The highest BCUT2D eigenvalue weighted by Crippen LogP contribution is 2.41. The van der Waals surface area contributed by atoms with Crippen LogP contribution >= 0.6 is 0 Å². The molecule has 1 aromatic carbocycles. The van der Waals surface area contributed by atoms with Gasteiger partial charge in [0.2, 0.25) is 11.8 Å². The lowest BCUT2D eigenvalue weighted by Crippen LogP contribution is -2.43. The molecule has 0 spiro atoms. The zero-order valence-electron chi connectivity index (χ0n) is 30.9. The molecule has 7 rings (SSSR count). The van der Waals surface area contributed by atoms with Gasteiger partial charge in [0.05, 0.1) is 0 Å².